The van der Waals surface area contributed by atoms with E-state index in [0.29, 0.717) is 11.4 Å². The van der Waals surface area contributed by atoms with Gasteiger partial charge in [-0.1, -0.05) is 0 Å². The number of hydrogen-bond acceptors (Lipinski definition) is 21. The molecule has 4 heterocycles. The SMILES string of the molecule is NC1c2ncn([C@@H]3O[C@H](CO)C(O)C3O)c2N=CN1O[C@]1(OP(=O)(O)OP(=O)(O)OP(=O)(O)OP(=O)(O)O)O[C@H](CO)[C@@H](O)[C@H]1O. The van der Waals surface area contributed by atoms with Crippen molar-refractivity contribution >= 4 is 43.4 Å². The van der Waals surface area contributed by atoms with E-state index in [2.05, 4.69) is 27.4 Å². The molecule has 3 aliphatic rings. The molecular weight excluding hydrogens is 726 g/mol. The monoisotopic (exact) mass is 753 g/mol. The number of hydrogen-bond donors (Lipinski definition) is 12. The van der Waals surface area contributed by atoms with Crippen molar-refractivity contribution in [3.05, 3.63) is 12.0 Å². The molecule has 264 valence electrons. The highest BCUT2D eigenvalue weighted by Crippen LogP contribution is 2.71. The Morgan fingerprint density at radius 1 is 0.870 bits per heavy atom. The number of hydroxylamine groups is 2. The standard InChI is InChI=1S/C15H27N5O22P4/c16-12-7-13(19(3-17-7)14-10(25)8(23)5(1-21)36-14)18-4-20(12)38-15(11(26)9(24)6(2-22)37-15)39-44(30,31)41-46(34,35)42-45(32,33)40-43(27,28)29/h3-6,8-12,14,21-26H,1-2,16H2,(H,30,31)(H,32,33)(H,34,35)(H2,27,28,29)/t5-,6-,8?,9-,10?,11-,12?,14-,15-/m1/s1. The number of aliphatic hydroxyl groups excluding tert-OH is 6. The molecule has 0 aliphatic carbocycles. The molecule has 12 atom stereocenters. The Labute approximate surface area is 254 Å². The molecule has 31 heteroatoms. The van der Waals surface area contributed by atoms with E-state index in [9.17, 15) is 63.6 Å². The second-order valence-corrected chi connectivity index (χ2v) is 15.3. The van der Waals surface area contributed by atoms with Crippen molar-refractivity contribution in [3.8, 4) is 0 Å². The molecule has 46 heavy (non-hydrogen) atoms. The van der Waals surface area contributed by atoms with Gasteiger partial charge in [0.15, 0.2) is 24.3 Å². The molecule has 27 nitrogen and oxygen atoms in total. The Balaban J connectivity index is 1.59. The van der Waals surface area contributed by atoms with E-state index in [4.69, 9.17) is 29.8 Å². The van der Waals surface area contributed by atoms with Crippen LogP contribution in [0.15, 0.2) is 11.3 Å². The van der Waals surface area contributed by atoms with Crippen LogP contribution >= 0.6 is 31.3 Å². The molecule has 0 aromatic carbocycles. The predicted molar refractivity (Wildman–Crippen MR) is 136 cm³/mol. The maximum absolute atomic E-state index is 12.7. The fourth-order valence-electron chi connectivity index (χ4n) is 4.22. The first kappa shape index (κ1) is 37.7. The van der Waals surface area contributed by atoms with Gasteiger partial charge in [0.25, 0.3) is 0 Å². The highest BCUT2D eigenvalue weighted by Gasteiger charge is 2.63. The zero-order valence-electron chi connectivity index (χ0n) is 22.3. The third kappa shape index (κ3) is 8.00. The van der Waals surface area contributed by atoms with Crippen LogP contribution in [0.5, 0.6) is 0 Å². The highest BCUT2D eigenvalue weighted by atomic mass is 31.3. The maximum atomic E-state index is 12.7. The van der Waals surface area contributed by atoms with E-state index < -0.39 is 99.5 Å². The van der Waals surface area contributed by atoms with Crippen LogP contribution in [0.2, 0.25) is 0 Å². The van der Waals surface area contributed by atoms with Crippen LogP contribution in [0.3, 0.4) is 0 Å². The summed E-state index contributed by atoms with van der Waals surface area (Å²) in [5.41, 5.74) is 5.91. The number of nitrogens with zero attached hydrogens (tertiary/aromatic N) is 4. The number of ether oxygens (including phenoxy) is 2. The Kier molecular flexibility index (Phi) is 10.9. The van der Waals surface area contributed by atoms with Crippen LogP contribution in [0.4, 0.5) is 5.82 Å². The third-order valence-electron chi connectivity index (χ3n) is 6.09. The lowest BCUT2D eigenvalue weighted by molar-refractivity contribution is -0.427. The fraction of sp³-hybridized carbons (Fsp3) is 0.733. The molecule has 1 aromatic rings. The molecule has 0 spiro atoms. The number of nitrogens with two attached hydrogens (primary N) is 1. The lowest BCUT2D eigenvalue weighted by Crippen LogP contribution is -2.53. The van der Waals surface area contributed by atoms with E-state index in [1.54, 1.807) is 0 Å². The molecule has 2 fully saturated rings. The summed E-state index contributed by atoms with van der Waals surface area (Å²) in [7, 11) is -24.7. The summed E-state index contributed by atoms with van der Waals surface area (Å²) >= 11 is 0. The smallest absolute Gasteiger partial charge is 0.394 e. The molecule has 0 bridgehead atoms. The summed E-state index contributed by atoms with van der Waals surface area (Å²) in [5.74, 6) is -3.63. The van der Waals surface area contributed by atoms with E-state index in [-0.39, 0.29) is 11.5 Å². The van der Waals surface area contributed by atoms with E-state index >= 15 is 0 Å². The number of fused-ring (bicyclic) bond motifs is 1. The molecular formula is C15H27N5O22P4. The summed E-state index contributed by atoms with van der Waals surface area (Å²) < 4.78 is 74.0. The molecule has 0 radical (unpaired) electrons. The first-order valence-electron chi connectivity index (χ1n) is 12.0. The van der Waals surface area contributed by atoms with Crippen LogP contribution in [0.1, 0.15) is 18.1 Å². The minimum atomic E-state index is -6.36. The van der Waals surface area contributed by atoms with E-state index in [1.807, 2.05) is 0 Å². The summed E-state index contributed by atoms with van der Waals surface area (Å²) in [6.45, 7) is -1.77. The molecule has 3 aliphatic heterocycles. The van der Waals surface area contributed by atoms with Crippen molar-refractivity contribution < 1.29 is 105 Å². The third-order valence-corrected chi connectivity index (χ3v) is 11.6. The Hall–Kier alpha value is -1.16. The van der Waals surface area contributed by atoms with Gasteiger partial charge < -0.3 is 70.3 Å². The second kappa shape index (κ2) is 13.3. The first-order valence-corrected chi connectivity index (χ1v) is 18.1. The summed E-state index contributed by atoms with van der Waals surface area (Å²) in [4.78, 5) is 59.6. The number of aromatic nitrogens is 2. The van der Waals surface area contributed by atoms with Gasteiger partial charge in [-0.2, -0.15) is 12.9 Å². The number of phosphoric acid groups is 4. The Morgan fingerprint density at radius 2 is 1.46 bits per heavy atom. The quantitative estimate of drug-likeness (QED) is 0.0668. The van der Waals surface area contributed by atoms with Crippen molar-refractivity contribution in [3.63, 3.8) is 0 Å². The number of rotatable bonds is 13. The summed E-state index contributed by atoms with van der Waals surface area (Å²) in [6.07, 6.45) is -12.1. The van der Waals surface area contributed by atoms with Crippen LogP contribution in [-0.4, -0.2) is 132 Å². The van der Waals surface area contributed by atoms with Gasteiger partial charge in [-0.15, -0.1) is 0 Å². The number of aliphatic hydroxyl groups is 6. The van der Waals surface area contributed by atoms with Crippen molar-refractivity contribution in [1.29, 1.82) is 0 Å². The molecule has 0 amide bonds. The number of phosphoric ester groups is 1. The van der Waals surface area contributed by atoms with Gasteiger partial charge in [-0.05, 0) is 0 Å². The maximum Gasteiger partial charge on any atom is 0.490 e. The molecule has 1 aromatic heterocycles. The van der Waals surface area contributed by atoms with Gasteiger partial charge in [-0.3, -0.25) is 4.57 Å². The van der Waals surface area contributed by atoms with Crippen LogP contribution < -0.4 is 5.73 Å². The van der Waals surface area contributed by atoms with E-state index in [0.717, 1.165) is 10.9 Å². The average Bonchev–Trinajstić information content (AvgIpc) is 3.51. The lowest BCUT2D eigenvalue weighted by atomic mass is 10.1. The van der Waals surface area contributed by atoms with Crippen LogP contribution in [0.25, 0.3) is 0 Å². The predicted octanol–water partition coefficient (Wildman–Crippen LogP) is -4.41. The van der Waals surface area contributed by atoms with E-state index in [1.165, 1.54) is 0 Å². The highest BCUT2D eigenvalue weighted by molar-refractivity contribution is 7.69. The topological polar surface area (TPSA) is 415 Å². The first-order chi connectivity index (χ1) is 21.0. The second-order valence-electron chi connectivity index (χ2n) is 9.34. The summed E-state index contributed by atoms with van der Waals surface area (Å²) in [5, 5.41) is 60.6. The zero-order chi connectivity index (χ0) is 34.6. The summed E-state index contributed by atoms with van der Waals surface area (Å²) in [6, 6.07) is 0. The normalized spacial score (nSPS) is 37.1. The van der Waals surface area contributed by atoms with Gasteiger partial charge in [0, 0.05) is 0 Å². The van der Waals surface area contributed by atoms with Crippen molar-refractivity contribution in [2.24, 2.45) is 10.7 Å². The van der Waals surface area contributed by atoms with Crippen molar-refractivity contribution in [2.45, 2.75) is 55.0 Å². The zero-order valence-corrected chi connectivity index (χ0v) is 25.8. The van der Waals surface area contributed by atoms with Crippen LogP contribution in [-0.2, 0) is 50.0 Å². The van der Waals surface area contributed by atoms with Crippen molar-refractivity contribution in [1.82, 2.24) is 14.6 Å². The van der Waals surface area contributed by atoms with Crippen molar-refractivity contribution in [2.75, 3.05) is 13.2 Å². The van der Waals surface area contributed by atoms with Gasteiger partial charge in [0.2, 0.25) is 0 Å². The lowest BCUT2D eigenvalue weighted by Gasteiger charge is -2.37. The van der Waals surface area contributed by atoms with Crippen LogP contribution in [0, 0.1) is 0 Å². The van der Waals surface area contributed by atoms with Gasteiger partial charge in [0.1, 0.15) is 42.6 Å². The number of aliphatic imine (C=N–C) groups is 1. The Morgan fingerprint density at radius 3 is 2.00 bits per heavy atom. The molecule has 13 N–H and O–H groups in total. The minimum Gasteiger partial charge on any atom is -0.394 e. The molecule has 0 saturated carbocycles. The molecule has 2 saturated heterocycles. The fourth-order valence-corrected chi connectivity index (χ4v) is 8.79. The average molecular weight is 753 g/mol. The van der Waals surface area contributed by atoms with Gasteiger partial charge >= 0.3 is 37.3 Å². The Bertz CT molecular complexity index is 1510. The molecule has 4 rings (SSSR count). The molecule has 6 unspecified atom stereocenters. The van der Waals surface area contributed by atoms with Gasteiger partial charge in [-0.25, -0.2) is 42.7 Å². The minimum absolute atomic E-state index is 0.126. The largest absolute Gasteiger partial charge is 0.490 e. The number of imidazole rings is 1. The van der Waals surface area contributed by atoms with Gasteiger partial charge in [0.05, 0.1) is 19.5 Å².